The molecule has 0 aliphatic carbocycles. The minimum atomic E-state index is -1.39. The minimum absolute atomic E-state index is 0. The molecule has 6 aromatic heterocycles. The molecule has 0 unspecified atom stereocenters. The number of aromatic carboxylic acids is 2. The fourth-order valence-electron chi connectivity index (χ4n) is 11.8. The van der Waals surface area contributed by atoms with Crippen molar-refractivity contribution >= 4 is 130 Å². The number of carbonyl (C=O) groups excluding carboxylic acids is 3. The zero-order chi connectivity index (χ0) is 61.1. The first kappa shape index (κ1) is 55.7. The van der Waals surface area contributed by atoms with E-state index in [1.54, 1.807) is 12.1 Å². The molecule has 4 aliphatic heterocycles. The van der Waals surface area contributed by atoms with E-state index >= 15 is 0 Å². The van der Waals surface area contributed by atoms with Crippen molar-refractivity contribution in [1.82, 2.24) is 79.7 Å². The van der Waals surface area contributed by atoms with Crippen molar-refractivity contribution in [1.29, 1.82) is 0 Å². The number of halogens is 2. The number of nitrogens with zero attached hydrogens (tertiary/aromatic N) is 12. The molecule has 8 aromatic carbocycles. The quantitative estimate of drug-likeness (QED) is 0.117. The van der Waals surface area contributed by atoms with Crippen LogP contribution in [0.3, 0.4) is 0 Å². The van der Waals surface area contributed by atoms with Gasteiger partial charge < -0.3 is 39.7 Å². The van der Waals surface area contributed by atoms with Gasteiger partial charge in [0.1, 0.15) is 45.2 Å². The fourth-order valence-corrected chi connectivity index (χ4v) is 12.2. The van der Waals surface area contributed by atoms with Gasteiger partial charge in [0.05, 0.1) is 11.9 Å². The summed E-state index contributed by atoms with van der Waals surface area (Å²) in [4.78, 5) is 104. The standard InChI is InChI=1S/2C33H17ClN8O2.CO.Cu/c2*34-15-13-22-24(23(14-15)33(43)44)32-41-30-21-12-6-5-11-20(21)28(39-30)37-26-17-8-2-1-7-16(17)25(35-26)36-27-18-9-3-4-10-19(18)29(38-27)40-31(22)42-32;1-2;/h2*1-14H,(H,43,44)(H2,35,36,37,38,39,40,41,42);;/q;;;+2/p-2. The summed E-state index contributed by atoms with van der Waals surface area (Å²) < 4.78 is 0. The fraction of sp³-hybridized carbons (Fsp3) is 0. The molecule has 16 bridgehead atoms. The van der Waals surface area contributed by atoms with Crippen molar-refractivity contribution in [3.8, 4) is 91.1 Å². The van der Waals surface area contributed by atoms with E-state index in [2.05, 4.69) is 26.7 Å². The van der Waals surface area contributed by atoms with Crippen LogP contribution in [0.25, 0.3) is 179 Å². The maximum atomic E-state index is 12.3. The molecule has 18 rings (SSSR count). The van der Waals surface area contributed by atoms with E-state index in [0.29, 0.717) is 102 Å². The van der Waals surface area contributed by atoms with Crippen LogP contribution in [-0.4, -0.2) is 98.5 Å². The third kappa shape index (κ3) is 9.19. The van der Waals surface area contributed by atoms with Crippen LogP contribution in [0.1, 0.15) is 20.7 Å². The summed E-state index contributed by atoms with van der Waals surface area (Å²) in [5.41, 5.74) is 9.47. The topological polar surface area (TPSA) is 315 Å². The number of carboxylic acid groups (broad SMARTS) is 2. The van der Waals surface area contributed by atoms with Crippen LogP contribution in [0.15, 0.2) is 170 Å². The average Bonchev–Trinajstić information content (AvgIpc) is 1.82. The minimum Gasteiger partial charge on any atom is -0.545 e. The van der Waals surface area contributed by atoms with Gasteiger partial charge in [-0.2, -0.15) is 0 Å². The molecule has 91 heavy (non-hydrogen) atoms. The Balaban J connectivity index is 0.000000146. The van der Waals surface area contributed by atoms with E-state index in [1.807, 2.05) is 146 Å². The SMILES string of the molecule is O=C([O-])c1cc(Cl)cc2c3nc4nc(nc5[nH]c(nc6nc(nc([nH]3)c12)-c1ccccc1-6)c1ccccc51)-c1ccccc1-4.O=C([O-])c1cc(Cl)cc2c3nc4nc(nc5[nH]c(nc6nc(nc([nH]3)c12)-c1ccccc1-6)c1ccccc51)-c1ccccc1-4.[C]=O.[Cu+2]. The smallest absolute Gasteiger partial charge is 0.545 e. The maximum absolute atomic E-state index is 12.3. The number of aromatic amines is 4. The van der Waals surface area contributed by atoms with Gasteiger partial charge in [-0.15, -0.1) is 0 Å². The first-order chi connectivity index (χ1) is 44.0. The second kappa shape index (κ2) is 21.8. The Hall–Kier alpha value is -11.8. The van der Waals surface area contributed by atoms with Crippen molar-refractivity contribution in [2.75, 3.05) is 0 Å². The van der Waals surface area contributed by atoms with Gasteiger partial charge in [-0.3, -0.25) is 4.79 Å². The predicted molar refractivity (Wildman–Crippen MR) is 336 cm³/mol. The van der Waals surface area contributed by atoms with Crippen LogP contribution in [0.5, 0.6) is 0 Å². The molecular formula is C67H32Cl2CuN16O5. The van der Waals surface area contributed by atoms with Gasteiger partial charge in [0, 0.05) is 109 Å². The molecule has 435 valence electrons. The first-order valence-corrected chi connectivity index (χ1v) is 28.3. The van der Waals surface area contributed by atoms with Gasteiger partial charge in [0.15, 0.2) is 46.6 Å². The molecule has 21 nitrogen and oxygen atoms in total. The Morgan fingerprint density at radius 1 is 0.297 bits per heavy atom. The van der Waals surface area contributed by atoms with Crippen LogP contribution in [-0.2, 0) is 21.9 Å². The normalized spacial score (nSPS) is 11.6. The van der Waals surface area contributed by atoms with Gasteiger partial charge in [0.25, 0.3) is 6.79 Å². The van der Waals surface area contributed by atoms with Gasteiger partial charge in [0.2, 0.25) is 0 Å². The summed E-state index contributed by atoms with van der Waals surface area (Å²) in [7, 11) is 0. The molecular weight excluding hydrogens is 1240 g/mol. The molecule has 0 saturated carbocycles. The van der Waals surface area contributed by atoms with E-state index in [0.717, 1.165) is 66.1 Å². The van der Waals surface area contributed by atoms with Crippen LogP contribution in [0, 0.1) is 0 Å². The summed E-state index contributed by atoms with van der Waals surface area (Å²) in [6.45, 7) is 4.50. The number of hydrogen-bond donors (Lipinski definition) is 4. The number of carbonyl (C=O) groups is 2. The second-order valence-electron chi connectivity index (χ2n) is 20.8. The summed E-state index contributed by atoms with van der Waals surface area (Å²) in [5.74, 6) is 0.577. The van der Waals surface area contributed by atoms with Crippen LogP contribution in [0.4, 0.5) is 0 Å². The molecule has 3 radical (unpaired) electrons. The molecule has 4 N–H and O–H groups in total. The summed E-state index contributed by atoms with van der Waals surface area (Å²) in [6.07, 6.45) is 0. The molecule has 0 amide bonds. The van der Waals surface area contributed by atoms with Gasteiger partial charge in [-0.25, -0.2) is 59.8 Å². The van der Waals surface area contributed by atoms with E-state index in [1.165, 1.54) is 12.1 Å². The number of carboxylic acids is 2. The zero-order valence-corrected chi connectivity index (χ0v) is 48.6. The Labute approximate surface area is 530 Å². The van der Waals surface area contributed by atoms with Crippen LogP contribution < -0.4 is 10.2 Å². The van der Waals surface area contributed by atoms with Gasteiger partial charge in [-0.1, -0.05) is 169 Å². The molecule has 0 atom stereocenters. The third-order valence-corrected chi connectivity index (χ3v) is 16.1. The Kier molecular flexibility index (Phi) is 13.4. The predicted octanol–water partition coefficient (Wildman–Crippen LogP) is 11.4. The van der Waals surface area contributed by atoms with Crippen molar-refractivity contribution in [3.63, 3.8) is 0 Å². The van der Waals surface area contributed by atoms with E-state index < -0.39 is 11.9 Å². The Morgan fingerprint density at radius 3 is 0.725 bits per heavy atom. The Bertz CT molecular complexity index is 5530. The molecule has 0 fully saturated rings. The molecule has 4 aliphatic rings. The summed E-state index contributed by atoms with van der Waals surface area (Å²) >= 11 is 12.8. The van der Waals surface area contributed by atoms with E-state index in [9.17, 15) is 19.8 Å². The molecule has 0 saturated heterocycles. The maximum Gasteiger partial charge on any atom is 2.00 e. The largest absolute Gasteiger partial charge is 2.00 e. The van der Waals surface area contributed by atoms with Gasteiger partial charge in [-0.05, 0) is 24.3 Å². The number of hydrogen-bond acceptors (Lipinski definition) is 17. The van der Waals surface area contributed by atoms with Crippen molar-refractivity contribution in [2.45, 2.75) is 0 Å². The number of benzene rings is 8. The number of fused-ring (bicyclic) bond motifs is 40. The first-order valence-electron chi connectivity index (χ1n) is 27.5. The van der Waals surface area contributed by atoms with E-state index in [4.69, 9.17) is 87.8 Å². The molecule has 10 heterocycles. The zero-order valence-electron chi connectivity index (χ0n) is 46.1. The number of aromatic nitrogens is 16. The molecule has 14 aromatic rings. The van der Waals surface area contributed by atoms with Crippen LogP contribution in [0.2, 0.25) is 10.0 Å². The molecule has 24 heteroatoms. The third-order valence-electron chi connectivity index (χ3n) is 15.7. The van der Waals surface area contributed by atoms with Gasteiger partial charge >= 0.3 is 17.1 Å². The average molecular weight is 1280 g/mol. The van der Waals surface area contributed by atoms with E-state index in [-0.39, 0.29) is 49.5 Å². The van der Waals surface area contributed by atoms with Crippen LogP contribution >= 0.6 is 23.2 Å². The Morgan fingerprint density at radius 2 is 0.495 bits per heavy atom. The number of H-pyrrole nitrogens is 4. The van der Waals surface area contributed by atoms with Crippen molar-refractivity contribution < 1.29 is 41.7 Å². The summed E-state index contributed by atoms with van der Waals surface area (Å²) in [5, 5.41) is 30.1. The number of rotatable bonds is 2. The monoisotopic (exact) mass is 1270 g/mol. The summed E-state index contributed by atoms with van der Waals surface area (Å²) in [6, 6.07) is 52.3. The van der Waals surface area contributed by atoms with Crippen molar-refractivity contribution in [2.24, 2.45) is 0 Å². The van der Waals surface area contributed by atoms with Crippen molar-refractivity contribution in [3.05, 3.63) is 191 Å². The molecule has 0 spiro atoms. The second-order valence-corrected chi connectivity index (χ2v) is 21.7. The number of nitrogens with one attached hydrogen (secondary N) is 4.